The third-order valence-electron chi connectivity index (χ3n) is 4.68. The molecule has 0 saturated heterocycles. The number of halogens is 1. The SMILES string of the molecule is C[C@H](OC(=O)CCC(=O)c1ccc(F)cc1)C(=O)NC1(C#N)CCCCC1. The summed E-state index contributed by atoms with van der Waals surface area (Å²) in [5, 5.41) is 12.1. The number of carbonyl (C=O) groups is 3. The highest BCUT2D eigenvalue weighted by Crippen LogP contribution is 2.27. The second-order valence-corrected chi connectivity index (χ2v) is 6.81. The molecule has 1 saturated carbocycles. The third-order valence-corrected chi connectivity index (χ3v) is 4.68. The minimum Gasteiger partial charge on any atom is -0.453 e. The van der Waals surface area contributed by atoms with Gasteiger partial charge in [-0.05, 0) is 44.0 Å². The Morgan fingerprint density at radius 2 is 1.81 bits per heavy atom. The van der Waals surface area contributed by atoms with Gasteiger partial charge in [0.15, 0.2) is 11.9 Å². The van der Waals surface area contributed by atoms with E-state index < -0.39 is 29.3 Å². The number of carbonyl (C=O) groups excluding carboxylic acids is 3. The highest BCUT2D eigenvalue weighted by Gasteiger charge is 2.35. The molecule has 0 spiro atoms. The second kappa shape index (κ2) is 9.26. The van der Waals surface area contributed by atoms with Gasteiger partial charge >= 0.3 is 5.97 Å². The summed E-state index contributed by atoms with van der Waals surface area (Å²) < 4.78 is 17.9. The Bertz CT molecular complexity index is 733. The molecule has 0 unspecified atom stereocenters. The smallest absolute Gasteiger partial charge is 0.307 e. The predicted molar refractivity (Wildman–Crippen MR) is 95.1 cm³/mol. The fourth-order valence-electron chi connectivity index (χ4n) is 3.06. The molecule has 2 rings (SSSR count). The minimum absolute atomic E-state index is 0.0963. The Morgan fingerprint density at radius 3 is 2.41 bits per heavy atom. The molecule has 1 atom stereocenters. The largest absolute Gasteiger partial charge is 0.453 e. The second-order valence-electron chi connectivity index (χ2n) is 6.81. The quantitative estimate of drug-likeness (QED) is 0.584. The summed E-state index contributed by atoms with van der Waals surface area (Å²) in [5.74, 6) is -1.95. The van der Waals surface area contributed by atoms with Crippen LogP contribution in [0.1, 0.15) is 62.2 Å². The topological polar surface area (TPSA) is 96.3 Å². The van der Waals surface area contributed by atoms with Crippen LogP contribution in [-0.4, -0.2) is 29.3 Å². The van der Waals surface area contributed by atoms with Crippen LogP contribution in [-0.2, 0) is 14.3 Å². The van der Waals surface area contributed by atoms with Crippen LogP contribution in [0, 0.1) is 17.1 Å². The molecule has 1 aliphatic carbocycles. The standard InChI is InChI=1S/C20H23FN2O4/c1-14(19(26)23-20(13-22)11-3-2-4-12-20)27-18(25)10-9-17(24)15-5-7-16(21)8-6-15/h5-8,14H,2-4,9-12H2,1H3,(H,23,26)/t14-/m0/s1. The van der Waals surface area contributed by atoms with Gasteiger partial charge in [0.2, 0.25) is 0 Å². The van der Waals surface area contributed by atoms with E-state index in [2.05, 4.69) is 11.4 Å². The summed E-state index contributed by atoms with van der Waals surface area (Å²) in [6.07, 6.45) is 2.61. The highest BCUT2D eigenvalue weighted by molar-refractivity contribution is 5.97. The van der Waals surface area contributed by atoms with E-state index in [9.17, 15) is 24.0 Å². The van der Waals surface area contributed by atoms with Gasteiger partial charge in [0.05, 0.1) is 12.5 Å². The maximum atomic E-state index is 12.9. The zero-order valence-corrected chi connectivity index (χ0v) is 15.3. The fourth-order valence-corrected chi connectivity index (χ4v) is 3.06. The van der Waals surface area contributed by atoms with Crippen LogP contribution in [0.2, 0.25) is 0 Å². The molecular formula is C20H23FN2O4. The van der Waals surface area contributed by atoms with Gasteiger partial charge in [-0.15, -0.1) is 0 Å². The Morgan fingerprint density at radius 1 is 1.19 bits per heavy atom. The number of ketones is 1. The molecule has 0 heterocycles. The van der Waals surface area contributed by atoms with Gasteiger partial charge in [0, 0.05) is 12.0 Å². The first kappa shape index (κ1) is 20.6. The zero-order chi connectivity index (χ0) is 19.9. The van der Waals surface area contributed by atoms with E-state index in [1.165, 1.54) is 31.2 Å². The van der Waals surface area contributed by atoms with Gasteiger partial charge in [0.1, 0.15) is 11.4 Å². The van der Waals surface area contributed by atoms with E-state index >= 15 is 0 Å². The van der Waals surface area contributed by atoms with Crippen LogP contribution in [0.5, 0.6) is 0 Å². The van der Waals surface area contributed by atoms with Crippen molar-refractivity contribution in [3.8, 4) is 6.07 Å². The number of nitrogens with zero attached hydrogens (tertiary/aromatic N) is 1. The fraction of sp³-hybridized carbons (Fsp3) is 0.500. The van der Waals surface area contributed by atoms with Crippen molar-refractivity contribution >= 4 is 17.7 Å². The van der Waals surface area contributed by atoms with Gasteiger partial charge in [-0.25, -0.2) is 4.39 Å². The lowest BCUT2D eigenvalue weighted by Crippen LogP contribution is -2.52. The number of hydrogen-bond acceptors (Lipinski definition) is 5. The maximum Gasteiger partial charge on any atom is 0.307 e. The first-order valence-corrected chi connectivity index (χ1v) is 9.07. The molecule has 144 valence electrons. The van der Waals surface area contributed by atoms with Gasteiger partial charge in [-0.3, -0.25) is 14.4 Å². The van der Waals surface area contributed by atoms with Crippen molar-refractivity contribution in [1.29, 1.82) is 5.26 Å². The molecule has 0 radical (unpaired) electrons. The Kier molecular flexibility index (Phi) is 7.05. The van der Waals surface area contributed by atoms with Crippen molar-refractivity contribution in [3.05, 3.63) is 35.6 Å². The van der Waals surface area contributed by atoms with E-state index in [1.54, 1.807) is 0 Å². The molecule has 0 bridgehead atoms. The summed E-state index contributed by atoms with van der Waals surface area (Å²) in [7, 11) is 0. The van der Waals surface area contributed by atoms with Crippen LogP contribution in [0.3, 0.4) is 0 Å². The number of hydrogen-bond donors (Lipinski definition) is 1. The molecule has 0 aromatic heterocycles. The van der Waals surface area contributed by atoms with Crippen LogP contribution in [0.4, 0.5) is 4.39 Å². The Labute approximate surface area is 157 Å². The molecule has 7 heteroatoms. The number of amides is 1. The van der Waals surface area contributed by atoms with E-state index in [4.69, 9.17) is 4.74 Å². The van der Waals surface area contributed by atoms with E-state index in [1.807, 2.05) is 0 Å². The molecule has 1 aliphatic rings. The van der Waals surface area contributed by atoms with Crippen LogP contribution >= 0.6 is 0 Å². The van der Waals surface area contributed by atoms with Gasteiger partial charge in [0.25, 0.3) is 5.91 Å². The lowest BCUT2D eigenvalue weighted by atomic mass is 9.83. The predicted octanol–water partition coefficient (Wildman–Crippen LogP) is 3.06. The monoisotopic (exact) mass is 374 g/mol. The van der Waals surface area contributed by atoms with Crippen LogP contribution < -0.4 is 5.32 Å². The van der Waals surface area contributed by atoms with Gasteiger partial charge in [-0.1, -0.05) is 19.3 Å². The average molecular weight is 374 g/mol. The summed E-state index contributed by atoms with van der Waals surface area (Å²) >= 11 is 0. The van der Waals surface area contributed by atoms with E-state index in [0.29, 0.717) is 18.4 Å². The normalized spacial score (nSPS) is 16.6. The summed E-state index contributed by atoms with van der Waals surface area (Å²) in [5.41, 5.74) is -0.586. The summed E-state index contributed by atoms with van der Waals surface area (Å²) in [6.45, 7) is 1.43. The molecule has 0 aliphatic heterocycles. The average Bonchev–Trinajstić information content (AvgIpc) is 2.67. The van der Waals surface area contributed by atoms with Gasteiger partial charge < -0.3 is 10.1 Å². The Balaban J connectivity index is 1.80. The highest BCUT2D eigenvalue weighted by atomic mass is 19.1. The first-order chi connectivity index (χ1) is 12.8. The maximum absolute atomic E-state index is 12.9. The number of esters is 1. The molecule has 1 amide bonds. The van der Waals surface area contributed by atoms with E-state index in [-0.39, 0.29) is 18.6 Å². The minimum atomic E-state index is -1.05. The van der Waals surface area contributed by atoms with Crippen molar-refractivity contribution in [2.45, 2.75) is 63.5 Å². The molecular weight excluding hydrogens is 351 g/mol. The third kappa shape index (κ3) is 5.88. The number of ether oxygens (including phenoxy) is 1. The lowest BCUT2D eigenvalue weighted by Gasteiger charge is -2.32. The van der Waals surface area contributed by atoms with Crippen LogP contribution in [0.15, 0.2) is 24.3 Å². The van der Waals surface area contributed by atoms with Crippen molar-refractivity contribution in [2.24, 2.45) is 0 Å². The Hall–Kier alpha value is -2.75. The van der Waals surface area contributed by atoms with E-state index in [0.717, 1.165) is 19.3 Å². The molecule has 1 fully saturated rings. The lowest BCUT2D eigenvalue weighted by molar-refractivity contribution is -0.155. The van der Waals surface area contributed by atoms with Crippen molar-refractivity contribution in [2.75, 3.05) is 0 Å². The molecule has 27 heavy (non-hydrogen) atoms. The van der Waals surface area contributed by atoms with Gasteiger partial charge in [-0.2, -0.15) is 5.26 Å². The van der Waals surface area contributed by atoms with Crippen molar-refractivity contribution < 1.29 is 23.5 Å². The van der Waals surface area contributed by atoms with Crippen LogP contribution in [0.25, 0.3) is 0 Å². The first-order valence-electron chi connectivity index (χ1n) is 9.07. The number of Topliss-reactive ketones (excluding diaryl/α,β-unsaturated/α-hetero) is 1. The van der Waals surface area contributed by atoms with Crippen molar-refractivity contribution in [3.63, 3.8) is 0 Å². The molecule has 1 N–H and O–H groups in total. The summed E-state index contributed by atoms with van der Waals surface area (Å²) in [6, 6.07) is 7.23. The number of rotatable bonds is 7. The summed E-state index contributed by atoms with van der Waals surface area (Å²) in [4.78, 5) is 36.1. The molecule has 1 aromatic carbocycles. The zero-order valence-electron chi connectivity index (χ0n) is 15.3. The number of benzene rings is 1. The molecule has 6 nitrogen and oxygen atoms in total. The molecule has 1 aromatic rings. The number of nitrogens with one attached hydrogen (secondary N) is 1. The van der Waals surface area contributed by atoms with Crippen molar-refractivity contribution in [1.82, 2.24) is 5.32 Å². The number of nitriles is 1.